The highest BCUT2D eigenvalue weighted by Crippen LogP contribution is 2.31. The number of para-hydroxylation sites is 1. The molecule has 2 unspecified atom stereocenters. The Morgan fingerprint density at radius 3 is 2.71 bits per heavy atom. The van der Waals surface area contributed by atoms with Crippen LogP contribution in [0.25, 0.3) is 0 Å². The predicted molar refractivity (Wildman–Crippen MR) is 80.8 cm³/mol. The fourth-order valence-electron chi connectivity index (χ4n) is 3.27. The van der Waals surface area contributed by atoms with Crippen molar-refractivity contribution in [3.63, 3.8) is 0 Å². The molecule has 2 atom stereocenters. The summed E-state index contributed by atoms with van der Waals surface area (Å²) in [5, 5.41) is 14.4. The molecule has 0 aliphatic carbocycles. The van der Waals surface area contributed by atoms with Crippen molar-refractivity contribution < 1.29 is 9.72 Å². The summed E-state index contributed by atoms with van der Waals surface area (Å²) in [7, 11) is 0. The van der Waals surface area contributed by atoms with Crippen molar-refractivity contribution in [3.8, 4) is 0 Å². The second-order valence-electron chi connectivity index (χ2n) is 5.36. The number of hydrogen-bond donors (Lipinski definition) is 1. The van der Waals surface area contributed by atoms with Gasteiger partial charge in [0.05, 0.1) is 4.92 Å². The van der Waals surface area contributed by atoms with Crippen molar-refractivity contribution in [2.45, 2.75) is 31.3 Å². The smallest absolute Gasteiger partial charge is 0.282 e. The molecule has 2 bridgehead atoms. The summed E-state index contributed by atoms with van der Waals surface area (Å²) in [4.78, 5) is 25.2. The van der Waals surface area contributed by atoms with E-state index in [2.05, 4.69) is 5.32 Å². The van der Waals surface area contributed by atoms with Gasteiger partial charge in [-0.3, -0.25) is 14.9 Å². The van der Waals surface area contributed by atoms with Crippen molar-refractivity contribution in [2.24, 2.45) is 0 Å². The van der Waals surface area contributed by atoms with Crippen LogP contribution in [0.3, 0.4) is 0 Å². The molecular weight excluding hydrogens is 294 g/mol. The summed E-state index contributed by atoms with van der Waals surface area (Å²) in [6.45, 7) is 1.69. The maximum absolute atomic E-state index is 12.7. The topological polar surface area (TPSA) is 75.5 Å². The maximum atomic E-state index is 12.7. The van der Waals surface area contributed by atoms with Gasteiger partial charge in [-0.2, -0.15) is 0 Å². The molecule has 114 valence electrons. The minimum absolute atomic E-state index is 0. The third kappa shape index (κ3) is 2.87. The van der Waals surface area contributed by atoms with E-state index < -0.39 is 4.92 Å². The van der Waals surface area contributed by atoms with Gasteiger partial charge in [0.2, 0.25) is 0 Å². The zero-order valence-corrected chi connectivity index (χ0v) is 12.3. The Morgan fingerprint density at radius 1 is 1.24 bits per heavy atom. The van der Waals surface area contributed by atoms with Crippen LogP contribution in [0.2, 0.25) is 0 Å². The molecule has 2 saturated heterocycles. The number of carbonyl (C=O) groups is 1. The summed E-state index contributed by atoms with van der Waals surface area (Å²) < 4.78 is 0. The molecule has 21 heavy (non-hydrogen) atoms. The Morgan fingerprint density at radius 2 is 1.95 bits per heavy atom. The number of nitro benzene ring substituents is 1. The second kappa shape index (κ2) is 6.41. The Hall–Kier alpha value is -1.66. The van der Waals surface area contributed by atoms with Crippen LogP contribution < -0.4 is 5.32 Å². The average molecular weight is 312 g/mol. The van der Waals surface area contributed by atoms with E-state index in [1.807, 2.05) is 4.90 Å². The van der Waals surface area contributed by atoms with Gasteiger partial charge < -0.3 is 10.2 Å². The van der Waals surface area contributed by atoms with Crippen LogP contribution in [0, 0.1) is 10.1 Å². The molecular formula is C14H18ClN3O3. The summed E-state index contributed by atoms with van der Waals surface area (Å²) in [6.07, 6.45) is 2.89. The van der Waals surface area contributed by atoms with Gasteiger partial charge in [-0.1, -0.05) is 12.1 Å². The molecule has 0 radical (unpaired) electrons. The molecule has 2 aliphatic rings. The van der Waals surface area contributed by atoms with Gasteiger partial charge in [0.1, 0.15) is 5.56 Å². The Balaban J connectivity index is 0.00000161. The highest BCUT2D eigenvalue weighted by Gasteiger charge is 2.39. The third-order valence-electron chi connectivity index (χ3n) is 4.22. The van der Waals surface area contributed by atoms with E-state index in [1.165, 1.54) is 6.07 Å². The number of nitrogens with zero attached hydrogens (tertiary/aromatic N) is 2. The number of rotatable bonds is 2. The van der Waals surface area contributed by atoms with Gasteiger partial charge in [0.25, 0.3) is 11.6 Å². The van der Waals surface area contributed by atoms with E-state index in [0.29, 0.717) is 0 Å². The standard InChI is InChI=1S/C14H17N3O3.ClH/c18-14(12-3-1-2-4-13(12)17(19)20)16-10-5-6-11(16)9-15-8-7-10;/h1-4,10-11,15H,5-9H2;1H. The number of hydrogen-bond acceptors (Lipinski definition) is 4. The summed E-state index contributed by atoms with van der Waals surface area (Å²) in [5.74, 6) is -0.200. The van der Waals surface area contributed by atoms with Crippen LogP contribution in [0.15, 0.2) is 24.3 Å². The van der Waals surface area contributed by atoms with Crippen molar-refractivity contribution in [1.82, 2.24) is 10.2 Å². The van der Waals surface area contributed by atoms with Crippen LogP contribution in [-0.2, 0) is 0 Å². The second-order valence-corrected chi connectivity index (χ2v) is 5.36. The summed E-state index contributed by atoms with van der Waals surface area (Å²) >= 11 is 0. The van der Waals surface area contributed by atoms with Gasteiger partial charge in [-0.15, -0.1) is 12.4 Å². The van der Waals surface area contributed by atoms with E-state index in [4.69, 9.17) is 0 Å². The number of amides is 1. The highest BCUT2D eigenvalue weighted by atomic mass is 35.5. The van der Waals surface area contributed by atoms with E-state index in [0.717, 1.165) is 32.4 Å². The molecule has 2 aliphatic heterocycles. The number of benzene rings is 1. The predicted octanol–water partition coefficient (Wildman–Crippen LogP) is 1.98. The molecule has 1 N–H and O–H groups in total. The first-order valence-electron chi connectivity index (χ1n) is 6.95. The van der Waals surface area contributed by atoms with E-state index in [9.17, 15) is 14.9 Å². The summed E-state index contributed by atoms with van der Waals surface area (Å²) in [6, 6.07) is 6.59. The van der Waals surface area contributed by atoms with E-state index >= 15 is 0 Å². The Labute approximate surface area is 129 Å². The minimum Gasteiger partial charge on any atom is -0.331 e. The van der Waals surface area contributed by atoms with Gasteiger partial charge in [0.15, 0.2) is 0 Å². The van der Waals surface area contributed by atoms with Crippen molar-refractivity contribution in [2.75, 3.05) is 13.1 Å². The molecule has 3 rings (SSSR count). The largest absolute Gasteiger partial charge is 0.331 e. The number of nitro groups is 1. The zero-order chi connectivity index (χ0) is 14.1. The molecule has 7 heteroatoms. The zero-order valence-electron chi connectivity index (χ0n) is 11.5. The number of nitrogens with one attached hydrogen (secondary N) is 1. The first-order valence-corrected chi connectivity index (χ1v) is 6.95. The molecule has 2 heterocycles. The lowest BCUT2D eigenvalue weighted by Gasteiger charge is -2.27. The number of halogens is 1. The molecule has 2 fully saturated rings. The molecule has 0 aromatic heterocycles. The van der Waals surface area contributed by atoms with Crippen molar-refractivity contribution >= 4 is 24.0 Å². The van der Waals surface area contributed by atoms with Gasteiger partial charge >= 0.3 is 0 Å². The normalized spacial score (nSPS) is 24.1. The Bertz CT molecular complexity index is 538. The van der Waals surface area contributed by atoms with Crippen LogP contribution in [0.4, 0.5) is 5.69 Å². The lowest BCUT2D eigenvalue weighted by Crippen LogP contribution is -2.42. The molecule has 6 nitrogen and oxygen atoms in total. The van der Waals surface area contributed by atoms with Crippen LogP contribution in [0.5, 0.6) is 0 Å². The van der Waals surface area contributed by atoms with E-state index in [-0.39, 0.29) is 41.6 Å². The first-order chi connectivity index (χ1) is 9.68. The third-order valence-corrected chi connectivity index (χ3v) is 4.22. The highest BCUT2D eigenvalue weighted by molar-refractivity contribution is 5.98. The van der Waals surface area contributed by atoms with Crippen molar-refractivity contribution in [1.29, 1.82) is 0 Å². The first kappa shape index (κ1) is 15.7. The molecule has 0 spiro atoms. The SMILES string of the molecule is Cl.O=C(c1ccccc1[N+](=O)[O-])N1C2CCNCC1CC2. The van der Waals surface area contributed by atoms with Crippen LogP contribution >= 0.6 is 12.4 Å². The average Bonchev–Trinajstić information content (AvgIpc) is 2.71. The van der Waals surface area contributed by atoms with Crippen LogP contribution in [-0.4, -0.2) is 40.9 Å². The molecule has 1 aromatic rings. The monoisotopic (exact) mass is 311 g/mol. The van der Waals surface area contributed by atoms with E-state index in [1.54, 1.807) is 18.2 Å². The van der Waals surface area contributed by atoms with Gasteiger partial charge in [-0.25, -0.2) is 0 Å². The minimum atomic E-state index is -0.481. The van der Waals surface area contributed by atoms with Crippen molar-refractivity contribution in [3.05, 3.63) is 39.9 Å². The molecule has 1 amide bonds. The van der Waals surface area contributed by atoms with Crippen LogP contribution in [0.1, 0.15) is 29.6 Å². The number of carbonyl (C=O) groups excluding carboxylic acids is 1. The molecule has 1 aromatic carbocycles. The lowest BCUT2D eigenvalue weighted by atomic mass is 10.1. The molecule has 0 saturated carbocycles. The fraction of sp³-hybridized carbons (Fsp3) is 0.500. The van der Waals surface area contributed by atoms with Gasteiger partial charge in [-0.05, 0) is 31.9 Å². The number of fused-ring (bicyclic) bond motifs is 2. The lowest BCUT2D eigenvalue weighted by molar-refractivity contribution is -0.385. The Kier molecular flexibility index (Phi) is 4.80. The van der Waals surface area contributed by atoms with Gasteiger partial charge in [0, 0.05) is 24.7 Å². The fourth-order valence-corrected chi connectivity index (χ4v) is 3.27. The quantitative estimate of drug-likeness (QED) is 0.669. The summed E-state index contributed by atoms with van der Waals surface area (Å²) in [5.41, 5.74) is 0.102. The maximum Gasteiger partial charge on any atom is 0.282 e.